The molecule has 138 valence electrons. The Labute approximate surface area is 156 Å². The van der Waals surface area contributed by atoms with Gasteiger partial charge in [0, 0.05) is 12.1 Å². The fourth-order valence-corrected chi connectivity index (χ4v) is 3.38. The Balaban J connectivity index is 1.36. The first-order chi connectivity index (χ1) is 13.2. The molecule has 0 atom stereocenters. The number of halogens is 1. The predicted molar refractivity (Wildman–Crippen MR) is 101 cm³/mol. The number of amides is 1. The van der Waals surface area contributed by atoms with Gasteiger partial charge >= 0.3 is 0 Å². The summed E-state index contributed by atoms with van der Waals surface area (Å²) in [6, 6.07) is 17.0. The van der Waals surface area contributed by atoms with Crippen molar-refractivity contribution in [2.75, 3.05) is 13.3 Å². The van der Waals surface area contributed by atoms with Crippen molar-refractivity contribution in [3.05, 3.63) is 77.1 Å². The highest BCUT2D eigenvalue weighted by Crippen LogP contribution is 2.29. The van der Waals surface area contributed by atoms with Crippen molar-refractivity contribution in [2.45, 2.75) is 19.4 Å². The molecule has 0 spiro atoms. The molecule has 0 fully saturated rings. The van der Waals surface area contributed by atoms with Crippen LogP contribution in [0.15, 0.2) is 54.6 Å². The van der Waals surface area contributed by atoms with Crippen molar-refractivity contribution in [3.63, 3.8) is 0 Å². The van der Waals surface area contributed by atoms with E-state index in [4.69, 9.17) is 9.47 Å². The van der Waals surface area contributed by atoms with Gasteiger partial charge in [-0.25, -0.2) is 4.39 Å². The summed E-state index contributed by atoms with van der Waals surface area (Å²) in [4.78, 5) is 12.3. The SMILES string of the molecule is O=C(Cc1ccc2ccccc2c1)NCCc1cc(F)cc2c1OCOC2. The summed E-state index contributed by atoms with van der Waals surface area (Å²) in [6.07, 6.45) is 0.819. The van der Waals surface area contributed by atoms with Crippen LogP contribution in [0.5, 0.6) is 5.75 Å². The molecule has 0 radical (unpaired) electrons. The monoisotopic (exact) mass is 365 g/mol. The lowest BCUT2D eigenvalue weighted by molar-refractivity contribution is -0.120. The van der Waals surface area contributed by atoms with Crippen LogP contribution >= 0.6 is 0 Å². The fraction of sp³-hybridized carbons (Fsp3) is 0.227. The molecule has 1 aliphatic rings. The highest BCUT2D eigenvalue weighted by atomic mass is 19.1. The Morgan fingerprint density at radius 2 is 1.93 bits per heavy atom. The molecule has 3 aromatic rings. The van der Waals surface area contributed by atoms with E-state index in [0.29, 0.717) is 37.3 Å². The summed E-state index contributed by atoms with van der Waals surface area (Å²) in [5, 5.41) is 5.18. The molecule has 1 amide bonds. The summed E-state index contributed by atoms with van der Waals surface area (Å²) in [5.41, 5.74) is 2.42. The molecule has 4 nitrogen and oxygen atoms in total. The third-order valence-electron chi connectivity index (χ3n) is 4.65. The van der Waals surface area contributed by atoms with Gasteiger partial charge in [0.05, 0.1) is 13.0 Å². The topological polar surface area (TPSA) is 47.6 Å². The van der Waals surface area contributed by atoms with E-state index in [9.17, 15) is 9.18 Å². The van der Waals surface area contributed by atoms with Gasteiger partial charge < -0.3 is 14.8 Å². The quantitative estimate of drug-likeness (QED) is 0.749. The Kier molecular flexibility index (Phi) is 5.03. The molecule has 0 saturated heterocycles. The summed E-state index contributed by atoms with van der Waals surface area (Å²) < 4.78 is 24.4. The van der Waals surface area contributed by atoms with Gasteiger partial charge in [-0.3, -0.25) is 4.79 Å². The second kappa shape index (κ2) is 7.76. The minimum Gasteiger partial charge on any atom is -0.467 e. The molecule has 0 bridgehead atoms. The fourth-order valence-electron chi connectivity index (χ4n) is 3.38. The van der Waals surface area contributed by atoms with Crippen molar-refractivity contribution in [1.29, 1.82) is 0 Å². The summed E-state index contributed by atoms with van der Waals surface area (Å²) in [6.45, 7) is 0.931. The second-order valence-electron chi connectivity index (χ2n) is 6.62. The van der Waals surface area contributed by atoms with E-state index in [1.165, 1.54) is 12.1 Å². The van der Waals surface area contributed by atoms with E-state index in [2.05, 4.69) is 5.32 Å². The van der Waals surface area contributed by atoms with Gasteiger partial charge in [-0.1, -0.05) is 42.5 Å². The van der Waals surface area contributed by atoms with Crippen LogP contribution in [0.25, 0.3) is 10.8 Å². The van der Waals surface area contributed by atoms with E-state index in [0.717, 1.165) is 21.9 Å². The number of nitrogens with one attached hydrogen (secondary N) is 1. The zero-order chi connectivity index (χ0) is 18.6. The van der Waals surface area contributed by atoms with Crippen molar-refractivity contribution in [3.8, 4) is 5.75 Å². The zero-order valence-electron chi connectivity index (χ0n) is 14.8. The molecule has 0 aromatic heterocycles. The van der Waals surface area contributed by atoms with Crippen LogP contribution in [0.4, 0.5) is 4.39 Å². The van der Waals surface area contributed by atoms with Crippen molar-refractivity contribution < 1.29 is 18.7 Å². The van der Waals surface area contributed by atoms with Gasteiger partial charge in [0.2, 0.25) is 5.91 Å². The molecule has 5 heteroatoms. The highest BCUT2D eigenvalue weighted by Gasteiger charge is 2.17. The van der Waals surface area contributed by atoms with Gasteiger partial charge in [0.15, 0.2) is 6.79 Å². The molecule has 0 aliphatic carbocycles. The van der Waals surface area contributed by atoms with Gasteiger partial charge in [0.25, 0.3) is 0 Å². The minimum atomic E-state index is -0.319. The lowest BCUT2D eigenvalue weighted by Gasteiger charge is -2.21. The molecule has 1 N–H and O–H groups in total. The van der Waals surface area contributed by atoms with Crippen molar-refractivity contribution >= 4 is 16.7 Å². The van der Waals surface area contributed by atoms with Gasteiger partial charge in [-0.05, 0) is 40.5 Å². The summed E-state index contributed by atoms with van der Waals surface area (Å²) in [7, 11) is 0. The lowest BCUT2D eigenvalue weighted by Crippen LogP contribution is -2.27. The van der Waals surface area contributed by atoms with Crippen LogP contribution in [0.2, 0.25) is 0 Å². The summed E-state index contributed by atoms with van der Waals surface area (Å²) >= 11 is 0. The molecular weight excluding hydrogens is 345 g/mol. The molecule has 3 aromatic carbocycles. The third-order valence-corrected chi connectivity index (χ3v) is 4.65. The number of ether oxygens (including phenoxy) is 2. The highest BCUT2D eigenvalue weighted by molar-refractivity contribution is 5.85. The van der Waals surface area contributed by atoms with E-state index in [1.54, 1.807) is 0 Å². The maximum atomic E-state index is 13.8. The Hall–Kier alpha value is -2.92. The molecular formula is C22H20FNO3. The average molecular weight is 365 g/mol. The molecule has 0 saturated carbocycles. The van der Waals surface area contributed by atoms with E-state index < -0.39 is 0 Å². The number of hydrogen-bond donors (Lipinski definition) is 1. The number of hydrogen-bond acceptors (Lipinski definition) is 3. The normalized spacial score (nSPS) is 13.1. The Morgan fingerprint density at radius 1 is 1.07 bits per heavy atom. The van der Waals surface area contributed by atoms with Gasteiger partial charge in [-0.15, -0.1) is 0 Å². The maximum Gasteiger partial charge on any atom is 0.224 e. The molecule has 27 heavy (non-hydrogen) atoms. The molecule has 4 rings (SSSR count). The van der Waals surface area contributed by atoms with Crippen LogP contribution in [0, 0.1) is 5.82 Å². The van der Waals surface area contributed by atoms with E-state index in [1.807, 2.05) is 42.5 Å². The lowest BCUT2D eigenvalue weighted by atomic mass is 10.0. The number of fused-ring (bicyclic) bond motifs is 2. The first-order valence-corrected chi connectivity index (χ1v) is 8.95. The Morgan fingerprint density at radius 3 is 2.81 bits per heavy atom. The van der Waals surface area contributed by atoms with Crippen molar-refractivity contribution in [2.24, 2.45) is 0 Å². The number of carbonyl (C=O) groups is 1. The average Bonchev–Trinajstić information content (AvgIpc) is 2.67. The van der Waals surface area contributed by atoms with Crippen LogP contribution < -0.4 is 10.1 Å². The number of carbonyl (C=O) groups excluding carboxylic acids is 1. The van der Waals surface area contributed by atoms with Crippen LogP contribution in [0.1, 0.15) is 16.7 Å². The van der Waals surface area contributed by atoms with Crippen LogP contribution in [-0.2, 0) is 29.0 Å². The maximum absolute atomic E-state index is 13.8. The third kappa shape index (κ3) is 4.09. The van der Waals surface area contributed by atoms with Crippen LogP contribution in [-0.4, -0.2) is 19.2 Å². The largest absolute Gasteiger partial charge is 0.467 e. The van der Waals surface area contributed by atoms with Crippen LogP contribution in [0.3, 0.4) is 0 Å². The van der Waals surface area contributed by atoms with E-state index in [-0.39, 0.29) is 18.5 Å². The summed E-state index contributed by atoms with van der Waals surface area (Å²) in [5.74, 6) is 0.298. The molecule has 0 unspecified atom stereocenters. The smallest absolute Gasteiger partial charge is 0.224 e. The predicted octanol–water partition coefficient (Wildman–Crippen LogP) is 3.75. The zero-order valence-corrected chi connectivity index (χ0v) is 14.8. The minimum absolute atomic E-state index is 0.0557. The molecule has 1 aliphatic heterocycles. The first kappa shape index (κ1) is 17.5. The Bertz CT molecular complexity index is 986. The van der Waals surface area contributed by atoms with Gasteiger partial charge in [-0.2, -0.15) is 0 Å². The van der Waals surface area contributed by atoms with Gasteiger partial charge in [0.1, 0.15) is 11.6 Å². The number of benzene rings is 3. The second-order valence-corrected chi connectivity index (χ2v) is 6.62. The standard InChI is InChI=1S/C22H20FNO3/c23-20-11-18(22-19(12-20)13-26-14-27-22)7-8-24-21(25)10-15-5-6-16-3-1-2-4-17(16)9-15/h1-6,9,11-12H,7-8,10,13-14H2,(H,24,25). The molecule has 1 heterocycles. The number of rotatable bonds is 5. The van der Waals surface area contributed by atoms with E-state index >= 15 is 0 Å². The van der Waals surface area contributed by atoms with Crippen molar-refractivity contribution in [1.82, 2.24) is 5.32 Å². The first-order valence-electron chi connectivity index (χ1n) is 8.95.